The largest absolute Gasteiger partial charge is 0.544 e. The SMILES string of the molecule is C=CCN(CC=C)C(C=C)NC(=O)C(=C)C.C[N+](C)(C)CC(=O)[O-]. The number of quaternary nitrogens is 1. The van der Waals surface area contributed by atoms with Crippen molar-refractivity contribution >= 4 is 11.9 Å². The molecule has 0 aromatic heterocycles. The second kappa shape index (κ2) is 12.3. The molecule has 1 N–H and O–H groups in total. The van der Waals surface area contributed by atoms with Gasteiger partial charge in [0.05, 0.1) is 27.1 Å². The Morgan fingerprint density at radius 2 is 1.62 bits per heavy atom. The van der Waals surface area contributed by atoms with Crippen LogP contribution in [0.3, 0.4) is 0 Å². The number of nitrogens with one attached hydrogen (secondary N) is 1. The number of aliphatic carboxylic acids is 1. The molecule has 0 saturated heterocycles. The first-order chi connectivity index (χ1) is 11.0. The van der Waals surface area contributed by atoms with Crippen molar-refractivity contribution in [1.29, 1.82) is 0 Å². The van der Waals surface area contributed by atoms with Gasteiger partial charge in [-0.1, -0.05) is 31.4 Å². The van der Waals surface area contributed by atoms with Gasteiger partial charge in [-0.2, -0.15) is 0 Å². The molecule has 0 aromatic rings. The maximum Gasteiger partial charge on any atom is 0.247 e. The molecule has 0 aromatic carbocycles. The molecule has 0 radical (unpaired) electrons. The van der Waals surface area contributed by atoms with E-state index in [0.29, 0.717) is 23.1 Å². The predicted molar refractivity (Wildman–Crippen MR) is 96.8 cm³/mol. The van der Waals surface area contributed by atoms with E-state index in [1.807, 2.05) is 4.90 Å². The number of carboxylic acid groups (broad SMARTS) is 1. The topological polar surface area (TPSA) is 72.5 Å². The molecule has 24 heavy (non-hydrogen) atoms. The fourth-order valence-corrected chi connectivity index (χ4v) is 1.58. The molecule has 1 amide bonds. The van der Waals surface area contributed by atoms with Crippen LogP contribution >= 0.6 is 0 Å². The van der Waals surface area contributed by atoms with Crippen molar-refractivity contribution in [1.82, 2.24) is 10.2 Å². The van der Waals surface area contributed by atoms with E-state index in [9.17, 15) is 14.7 Å². The molecule has 0 aliphatic heterocycles. The molecule has 136 valence electrons. The highest BCUT2D eigenvalue weighted by atomic mass is 16.4. The fraction of sp³-hybridized carbons (Fsp3) is 0.444. The molecule has 0 saturated carbocycles. The van der Waals surface area contributed by atoms with Crippen LogP contribution in [0.1, 0.15) is 6.92 Å². The number of hydrogen-bond donors (Lipinski definition) is 1. The van der Waals surface area contributed by atoms with Crippen LogP contribution in [-0.2, 0) is 9.59 Å². The number of carbonyl (C=O) groups excluding carboxylic acids is 2. The summed E-state index contributed by atoms with van der Waals surface area (Å²) in [6, 6.07) is 0. The molecule has 6 nitrogen and oxygen atoms in total. The van der Waals surface area contributed by atoms with Gasteiger partial charge >= 0.3 is 0 Å². The molecule has 6 heteroatoms. The highest BCUT2D eigenvalue weighted by Gasteiger charge is 2.15. The summed E-state index contributed by atoms with van der Waals surface area (Å²) in [7, 11) is 5.40. The van der Waals surface area contributed by atoms with E-state index in [2.05, 4.69) is 31.6 Å². The molecule has 0 aliphatic rings. The summed E-state index contributed by atoms with van der Waals surface area (Å²) in [6.07, 6.45) is 4.98. The Morgan fingerprint density at radius 1 is 1.17 bits per heavy atom. The van der Waals surface area contributed by atoms with E-state index in [-0.39, 0.29) is 18.6 Å². The summed E-state index contributed by atoms with van der Waals surface area (Å²) in [5.74, 6) is -1.18. The number of amides is 1. The normalized spacial score (nSPS) is 11.5. The van der Waals surface area contributed by atoms with Crippen molar-refractivity contribution in [2.75, 3.05) is 40.8 Å². The second-order valence-corrected chi connectivity index (χ2v) is 6.29. The predicted octanol–water partition coefficient (Wildman–Crippen LogP) is 0.307. The zero-order valence-electron chi connectivity index (χ0n) is 15.4. The van der Waals surface area contributed by atoms with Crippen LogP contribution in [0.15, 0.2) is 50.1 Å². The van der Waals surface area contributed by atoms with Gasteiger partial charge in [0.2, 0.25) is 5.91 Å². The van der Waals surface area contributed by atoms with Gasteiger partial charge in [-0.05, 0) is 6.92 Å². The molecular formula is C18H31N3O3. The lowest BCUT2D eigenvalue weighted by molar-refractivity contribution is -0.864. The van der Waals surface area contributed by atoms with Crippen molar-refractivity contribution in [3.8, 4) is 0 Å². The van der Waals surface area contributed by atoms with Crippen LogP contribution in [-0.4, -0.2) is 68.2 Å². The quantitative estimate of drug-likeness (QED) is 0.269. The zero-order chi connectivity index (χ0) is 19.3. The molecule has 0 spiro atoms. The van der Waals surface area contributed by atoms with Crippen molar-refractivity contribution in [2.24, 2.45) is 0 Å². The average Bonchev–Trinajstić information content (AvgIpc) is 2.42. The van der Waals surface area contributed by atoms with E-state index in [1.165, 1.54) is 0 Å². The van der Waals surface area contributed by atoms with Gasteiger partial charge in [0, 0.05) is 18.7 Å². The maximum absolute atomic E-state index is 11.5. The Hall–Kier alpha value is -2.18. The van der Waals surface area contributed by atoms with Crippen molar-refractivity contribution < 1.29 is 19.2 Å². The Morgan fingerprint density at radius 3 is 1.83 bits per heavy atom. The molecule has 0 bridgehead atoms. The van der Waals surface area contributed by atoms with Crippen LogP contribution in [0.25, 0.3) is 0 Å². The van der Waals surface area contributed by atoms with Gasteiger partial charge in [0.25, 0.3) is 0 Å². The van der Waals surface area contributed by atoms with Crippen LogP contribution in [0, 0.1) is 0 Å². The van der Waals surface area contributed by atoms with Gasteiger partial charge in [0.1, 0.15) is 12.7 Å². The molecule has 1 atom stereocenters. The lowest BCUT2D eigenvalue weighted by Gasteiger charge is -2.28. The van der Waals surface area contributed by atoms with E-state index < -0.39 is 5.97 Å². The third-order valence-electron chi connectivity index (χ3n) is 2.61. The minimum Gasteiger partial charge on any atom is -0.544 e. The van der Waals surface area contributed by atoms with Crippen LogP contribution < -0.4 is 10.4 Å². The molecule has 0 fully saturated rings. The maximum atomic E-state index is 11.5. The Balaban J connectivity index is 0. The Kier molecular flexibility index (Phi) is 12.3. The summed E-state index contributed by atoms with van der Waals surface area (Å²) in [4.78, 5) is 23.4. The smallest absolute Gasteiger partial charge is 0.247 e. The third kappa shape index (κ3) is 13.5. The van der Waals surface area contributed by atoms with Gasteiger partial charge in [-0.3, -0.25) is 9.69 Å². The molecule has 1 unspecified atom stereocenters. The number of carboxylic acids is 1. The monoisotopic (exact) mass is 337 g/mol. The first kappa shape index (κ1) is 24.1. The Bertz CT molecular complexity index is 455. The molecular weight excluding hydrogens is 306 g/mol. The average molecular weight is 337 g/mol. The summed E-state index contributed by atoms with van der Waals surface area (Å²) in [5, 5.41) is 12.7. The number of likely N-dealkylation sites (N-methyl/N-ethyl adjacent to an activating group) is 1. The van der Waals surface area contributed by atoms with Crippen molar-refractivity contribution in [3.05, 3.63) is 50.1 Å². The lowest BCUT2D eigenvalue weighted by Crippen LogP contribution is -2.47. The standard InChI is InChI=1S/C13H20N2O.C5H11NO2/c1-6-9-15(10-7-2)12(8-3)14-13(16)11(4)5;1-6(2,3)4-5(7)8/h6-8,12H,1-4,9-10H2,5H3,(H,14,16);4H2,1-3H3. The van der Waals surface area contributed by atoms with Crippen molar-refractivity contribution in [3.63, 3.8) is 0 Å². The summed E-state index contributed by atoms with van der Waals surface area (Å²) in [5.41, 5.74) is 0.476. The third-order valence-corrected chi connectivity index (χ3v) is 2.61. The minimum atomic E-state index is -1.00. The van der Waals surface area contributed by atoms with Crippen LogP contribution in [0.2, 0.25) is 0 Å². The van der Waals surface area contributed by atoms with Crippen molar-refractivity contribution in [2.45, 2.75) is 13.1 Å². The van der Waals surface area contributed by atoms with Crippen LogP contribution in [0.4, 0.5) is 0 Å². The summed E-state index contributed by atoms with van der Waals surface area (Å²) in [6.45, 7) is 17.7. The van der Waals surface area contributed by atoms with Gasteiger partial charge in [-0.25, -0.2) is 0 Å². The lowest BCUT2D eigenvalue weighted by atomic mass is 10.3. The van der Waals surface area contributed by atoms with Gasteiger partial charge in [-0.15, -0.1) is 13.2 Å². The molecule has 0 heterocycles. The fourth-order valence-electron chi connectivity index (χ4n) is 1.58. The highest BCUT2D eigenvalue weighted by Crippen LogP contribution is 2.00. The van der Waals surface area contributed by atoms with E-state index >= 15 is 0 Å². The van der Waals surface area contributed by atoms with E-state index in [0.717, 1.165) is 0 Å². The number of nitrogens with zero attached hydrogens (tertiary/aromatic N) is 2. The first-order valence-electron chi connectivity index (χ1n) is 7.53. The number of rotatable bonds is 10. The minimum absolute atomic E-state index is 0.0694. The second-order valence-electron chi connectivity index (χ2n) is 6.29. The zero-order valence-corrected chi connectivity index (χ0v) is 15.4. The van der Waals surface area contributed by atoms with Gasteiger partial charge in [0.15, 0.2) is 0 Å². The summed E-state index contributed by atoms with van der Waals surface area (Å²) >= 11 is 0. The van der Waals surface area contributed by atoms with Gasteiger partial charge < -0.3 is 19.7 Å². The van der Waals surface area contributed by atoms with E-state index in [1.54, 1.807) is 46.3 Å². The first-order valence-corrected chi connectivity index (χ1v) is 7.53. The van der Waals surface area contributed by atoms with Crippen LogP contribution in [0.5, 0.6) is 0 Å². The Labute approximate surface area is 146 Å². The molecule has 0 rings (SSSR count). The molecule has 0 aliphatic carbocycles. The highest BCUT2D eigenvalue weighted by molar-refractivity contribution is 5.92. The number of hydrogen-bond acceptors (Lipinski definition) is 4. The van der Waals surface area contributed by atoms with E-state index in [4.69, 9.17) is 0 Å². The summed E-state index contributed by atoms with van der Waals surface area (Å²) < 4.78 is 0.419. The number of carbonyl (C=O) groups is 2.